The average molecular weight is 380 g/mol. The largest absolute Gasteiger partial charge is 0.490 e. The number of methoxy groups -OCH3 is 1. The van der Waals surface area contributed by atoms with E-state index < -0.39 is 18.5 Å². The molecule has 0 bridgehead atoms. The standard InChI is InChI=1S/C18H18F2N2O5/c1-4-25-13-7-10(5-6-12(13)27-18(19)20)15-11(8-21)16(22)26-9(2)14(15)17(23)24-3/h5-7,15,18H,4,22H2,1-3H3. The van der Waals surface area contributed by atoms with Crippen LogP contribution in [0.25, 0.3) is 0 Å². The van der Waals surface area contributed by atoms with E-state index in [1.807, 2.05) is 6.07 Å². The van der Waals surface area contributed by atoms with Gasteiger partial charge in [-0.25, -0.2) is 4.79 Å². The molecule has 1 aromatic carbocycles. The van der Waals surface area contributed by atoms with Gasteiger partial charge in [-0.1, -0.05) is 6.07 Å². The first kappa shape index (κ1) is 20.0. The van der Waals surface area contributed by atoms with E-state index in [2.05, 4.69) is 4.74 Å². The predicted molar refractivity (Wildman–Crippen MR) is 89.6 cm³/mol. The highest BCUT2D eigenvalue weighted by atomic mass is 19.3. The van der Waals surface area contributed by atoms with Crippen molar-refractivity contribution in [2.45, 2.75) is 26.4 Å². The first-order valence-electron chi connectivity index (χ1n) is 7.92. The number of carbonyl (C=O) groups is 1. The molecule has 1 aromatic rings. The summed E-state index contributed by atoms with van der Waals surface area (Å²) in [5.74, 6) is -1.72. The number of hydrogen-bond donors (Lipinski definition) is 1. The molecule has 1 aliphatic heterocycles. The highest BCUT2D eigenvalue weighted by Gasteiger charge is 2.36. The fourth-order valence-corrected chi connectivity index (χ4v) is 2.76. The summed E-state index contributed by atoms with van der Waals surface area (Å²) in [5, 5.41) is 9.50. The molecule has 0 saturated heterocycles. The Labute approximate surface area is 154 Å². The second-order valence-electron chi connectivity index (χ2n) is 5.40. The van der Waals surface area contributed by atoms with Crippen LogP contribution in [0.3, 0.4) is 0 Å². The summed E-state index contributed by atoms with van der Waals surface area (Å²) in [7, 11) is 1.19. The Bertz CT molecular complexity index is 843. The third-order valence-corrected chi connectivity index (χ3v) is 3.83. The van der Waals surface area contributed by atoms with E-state index in [4.69, 9.17) is 19.9 Å². The van der Waals surface area contributed by atoms with Crippen LogP contribution in [0.2, 0.25) is 0 Å². The molecule has 0 spiro atoms. The molecule has 1 atom stereocenters. The number of hydrogen-bond acceptors (Lipinski definition) is 7. The number of rotatable bonds is 6. The molecule has 1 aliphatic rings. The summed E-state index contributed by atoms with van der Waals surface area (Å²) in [4.78, 5) is 12.3. The number of nitrogens with two attached hydrogens (primary N) is 1. The number of nitriles is 1. The Balaban J connectivity index is 2.63. The molecule has 0 aromatic heterocycles. The first-order valence-corrected chi connectivity index (χ1v) is 7.92. The van der Waals surface area contributed by atoms with Gasteiger partial charge in [0.25, 0.3) is 0 Å². The summed E-state index contributed by atoms with van der Waals surface area (Å²) in [5.41, 5.74) is 6.27. The van der Waals surface area contributed by atoms with Gasteiger partial charge in [-0.05, 0) is 31.5 Å². The zero-order valence-corrected chi connectivity index (χ0v) is 14.9. The molecule has 0 radical (unpaired) electrons. The van der Waals surface area contributed by atoms with Crippen molar-refractivity contribution in [2.75, 3.05) is 13.7 Å². The zero-order valence-electron chi connectivity index (χ0n) is 14.9. The Kier molecular flexibility index (Phi) is 6.23. The molecular formula is C18H18F2N2O5. The minimum atomic E-state index is -3.03. The van der Waals surface area contributed by atoms with E-state index in [1.54, 1.807) is 6.92 Å². The topological polar surface area (TPSA) is 104 Å². The predicted octanol–water partition coefficient (Wildman–Crippen LogP) is 2.94. The molecule has 9 heteroatoms. The molecule has 1 unspecified atom stereocenters. The molecule has 0 saturated carbocycles. The minimum Gasteiger partial charge on any atom is -0.490 e. The van der Waals surface area contributed by atoms with Crippen LogP contribution in [-0.4, -0.2) is 26.3 Å². The third-order valence-electron chi connectivity index (χ3n) is 3.83. The van der Waals surface area contributed by atoms with Crippen molar-refractivity contribution in [3.05, 3.63) is 46.6 Å². The average Bonchev–Trinajstić information content (AvgIpc) is 2.62. The van der Waals surface area contributed by atoms with Gasteiger partial charge in [0, 0.05) is 0 Å². The van der Waals surface area contributed by atoms with Crippen LogP contribution < -0.4 is 15.2 Å². The SMILES string of the molecule is CCOc1cc(C2C(C#N)=C(N)OC(C)=C2C(=O)OC)ccc1OC(F)F. The van der Waals surface area contributed by atoms with Crippen LogP contribution in [-0.2, 0) is 14.3 Å². The van der Waals surface area contributed by atoms with Crippen molar-refractivity contribution >= 4 is 5.97 Å². The van der Waals surface area contributed by atoms with Crippen molar-refractivity contribution in [1.82, 2.24) is 0 Å². The van der Waals surface area contributed by atoms with Crippen molar-refractivity contribution in [3.8, 4) is 17.6 Å². The van der Waals surface area contributed by atoms with Crippen molar-refractivity contribution < 1.29 is 32.5 Å². The number of carbonyl (C=O) groups excluding carboxylic acids is 1. The Hall–Kier alpha value is -3.28. The summed E-state index contributed by atoms with van der Waals surface area (Å²) in [6, 6.07) is 6.06. The van der Waals surface area contributed by atoms with Crippen LogP contribution in [0.4, 0.5) is 8.78 Å². The van der Waals surface area contributed by atoms with Gasteiger partial charge in [0.15, 0.2) is 11.5 Å². The quantitative estimate of drug-likeness (QED) is 0.757. The van der Waals surface area contributed by atoms with Gasteiger partial charge in [0.05, 0.1) is 25.2 Å². The normalized spacial score (nSPS) is 16.7. The van der Waals surface area contributed by atoms with Crippen LogP contribution in [0.5, 0.6) is 11.5 Å². The van der Waals surface area contributed by atoms with Gasteiger partial charge in [0.2, 0.25) is 5.88 Å². The molecule has 0 amide bonds. The van der Waals surface area contributed by atoms with Crippen molar-refractivity contribution in [2.24, 2.45) is 5.73 Å². The number of allylic oxidation sites excluding steroid dienone is 2. The maximum atomic E-state index is 12.6. The molecule has 144 valence electrons. The molecular weight excluding hydrogens is 362 g/mol. The highest BCUT2D eigenvalue weighted by molar-refractivity contribution is 5.92. The molecule has 0 aliphatic carbocycles. The van der Waals surface area contributed by atoms with E-state index in [0.717, 1.165) is 0 Å². The molecule has 0 fully saturated rings. The Morgan fingerprint density at radius 2 is 2.11 bits per heavy atom. The van der Waals surface area contributed by atoms with Gasteiger partial charge in [0.1, 0.15) is 17.4 Å². The lowest BCUT2D eigenvalue weighted by atomic mass is 9.83. The summed E-state index contributed by atoms with van der Waals surface area (Å²) >= 11 is 0. The summed E-state index contributed by atoms with van der Waals surface area (Å²) in [6.45, 7) is 0.350. The van der Waals surface area contributed by atoms with Crippen LogP contribution in [0, 0.1) is 11.3 Å². The van der Waals surface area contributed by atoms with Gasteiger partial charge in [-0.3, -0.25) is 0 Å². The third kappa shape index (κ3) is 4.11. The van der Waals surface area contributed by atoms with Crippen LogP contribution in [0.1, 0.15) is 25.3 Å². The summed E-state index contributed by atoms with van der Waals surface area (Å²) < 4.78 is 45.1. The van der Waals surface area contributed by atoms with E-state index >= 15 is 0 Å². The molecule has 2 N–H and O–H groups in total. The zero-order chi connectivity index (χ0) is 20.1. The number of ether oxygens (including phenoxy) is 4. The highest BCUT2D eigenvalue weighted by Crippen LogP contribution is 2.42. The van der Waals surface area contributed by atoms with Crippen molar-refractivity contribution in [3.63, 3.8) is 0 Å². The molecule has 1 heterocycles. The summed E-state index contributed by atoms with van der Waals surface area (Å²) in [6.07, 6.45) is 0. The number of benzene rings is 1. The minimum absolute atomic E-state index is 0.00836. The Morgan fingerprint density at radius 3 is 2.67 bits per heavy atom. The van der Waals surface area contributed by atoms with Crippen molar-refractivity contribution in [1.29, 1.82) is 5.26 Å². The van der Waals surface area contributed by atoms with Gasteiger partial charge < -0.3 is 24.7 Å². The lowest BCUT2D eigenvalue weighted by Crippen LogP contribution is -2.25. The molecule has 7 nitrogen and oxygen atoms in total. The Morgan fingerprint density at radius 1 is 1.41 bits per heavy atom. The maximum Gasteiger partial charge on any atom is 0.387 e. The second-order valence-corrected chi connectivity index (χ2v) is 5.40. The van der Waals surface area contributed by atoms with Crippen LogP contribution in [0.15, 0.2) is 41.0 Å². The van der Waals surface area contributed by atoms with Gasteiger partial charge in [-0.15, -0.1) is 0 Å². The monoisotopic (exact) mass is 380 g/mol. The fourth-order valence-electron chi connectivity index (χ4n) is 2.76. The van der Waals surface area contributed by atoms with Gasteiger partial charge >= 0.3 is 12.6 Å². The molecule has 27 heavy (non-hydrogen) atoms. The van der Waals surface area contributed by atoms with Gasteiger partial charge in [-0.2, -0.15) is 14.0 Å². The number of nitrogens with zero attached hydrogens (tertiary/aromatic N) is 1. The fraction of sp³-hybridized carbons (Fsp3) is 0.333. The number of alkyl halides is 2. The number of esters is 1. The number of halogens is 2. The lowest BCUT2D eigenvalue weighted by molar-refractivity contribution is -0.136. The van der Waals surface area contributed by atoms with E-state index in [9.17, 15) is 18.8 Å². The first-order chi connectivity index (χ1) is 12.8. The van der Waals surface area contributed by atoms with Crippen LogP contribution >= 0.6 is 0 Å². The van der Waals surface area contributed by atoms with E-state index in [-0.39, 0.29) is 40.9 Å². The smallest absolute Gasteiger partial charge is 0.387 e. The molecule has 2 rings (SSSR count). The van der Waals surface area contributed by atoms with E-state index in [1.165, 1.54) is 32.2 Å². The lowest BCUT2D eigenvalue weighted by Gasteiger charge is -2.27. The second kappa shape index (κ2) is 8.40. The van der Waals surface area contributed by atoms with E-state index in [0.29, 0.717) is 5.56 Å². The maximum absolute atomic E-state index is 12.6.